The van der Waals surface area contributed by atoms with Crippen LogP contribution in [0.3, 0.4) is 0 Å². The molecule has 0 radical (unpaired) electrons. The van der Waals surface area contributed by atoms with Gasteiger partial charge in [-0.05, 0) is 12.7 Å². The van der Waals surface area contributed by atoms with Crippen molar-refractivity contribution in [3.8, 4) is 11.3 Å². The van der Waals surface area contributed by atoms with Gasteiger partial charge in [-0.3, -0.25) is 0 Å². The van der Waals surface area contributed by atoms with E-state index >= 15 is 0 Å². The number of hydrogen-bond acceptors (Lipinski definition) is 5. The first kappa shape index (κ1) is 16.3. The van der Waals surface area contributed by atoms with Crippen molar-refractivity contribution in [1.29, 1.82) is 0 Å². The van der Waals surface area contributed by atoms with Gasteiger partial charge in [-0.25, -0.2) is 4.98 Å². The molecular weight excluding hydrogens is 300 g/mol. The Hall–Kier alpha value is -1.04. The Bertz CT molecular complexity index is 557. The predicted octanol–water partition coefficient (Wildman–Crippen LogP) is 3.88. The molecule has 0 saturated heterocycles. The number of benzene rings is 1. The zero-order valence-electron chi connectivity index (χ0n) is 12.7. The lowest BCUT2D eigenvalue weighted by Gasteiger charge is -2.26. The van der Waals surface area contributed by atoms with Crippen LogP contribution in [-0.2, 0) is 6.61 Å². The van der Waals surface area contributed by atoms with Gasteiger partial charge in [-0.2, -0.15) is 11.8 Å². The molecule has 1 heterocycles. The summed E-state index contributed by atoms with van der Waals surface area (Å²) >= 11 is 3.44. The topological polar surface area (TPSA) is 36.4 Å². The molecule has 0 aliphatic heterocycles. The number of hydrogen-bond donors (Lipinski definition) is 1. The van der Waals surface area contributed by atoms with Crippen molar-refractivity contribution in [3.05, 3.63) is 35.2 Å². The molecule has 1 N–H and O–H groups in total. The first-order valence-corrected chi connectivity index (χ1v) is 9.30. The number of aliphatic hydroxyl groups is 1. The second-order valence-electron chi connectivity index (χ2n) is 4.92. The minimum absolute atomic E-state index is 0.0368. The van der Waals surface area contributed by atoms with E-state index in [9.17, 15) is 5.11 Å². The summed E-state index contributed by atoms with van der Waals surface area (Å²) in [7, 11) is 2.10. The van der Waals surface area contributed by atoms with Gasteiger partial charge in [0.25, 0.3) is 0 Å². The van der Waals surface area contributed by atoms with Gasteiger partial charge in [0.2, 0.25) is 0 Å². The van der Waals surface area contributed by atoms with E-state index in [-0.39, 0.29) is 6.61 Å². The Balaban J connectivity index is 2.32. The van der Waals surface area contributed by atoms with Crippen molar-refractivity contribution in [2.75, 3.05) is 24.0 Å². The number of aliphatic hydroxyl groups excluding tert-OH is 1. The zero-order valence-corrected chi connectivity index (χ0v) is 14.4. The van der Waals surface area contributed by atoms with Crippen LogP contribution in [0.25, 0.3) is 11.3 Å². The molecule has 2 aromatic rings. The summed E-state index contributed by atoms with van der Waals surface area (Å²) < 4.78 is 0. The number of thiazole rings is 1. The van der Waals surface area contributed by atoms with Crippen molar-refractivity contribution in [1.82, 2.24) is 4.98 Å². The fourth-order valence-electron chi connectivity index (χ4n) is 2.27. The van der Waals surface area contributed by atoms with Gasteiger partial charge in [-0.15, -0.1) is 0 Å². The SMILES string of the molecule is CCC(CSC)N(C)c1nc(-c2ccccc2)c(CO)s1. The first-order valence-electron chi connectivity index (χ1n) is 7.09. The van der Waals surface area contributed by atoms with Crippen molar-refractivity contribution in [2.24, 2.45) is 0 Å². The second kappa shape index (κ2) is 7.82. The summed E-state index contributed by atoms with van der Waals surface area (Å²) in [6, 6.07) is 10.5. The van der Waals surface area contributed by atoms with Gasteiger partial charge < -0.3 is 10.0 Å². The molecule has 0 aliphatic carbocycles. The van der Waals surface area contributed by atoms with Crippen LogP contribution in [0.2, 0.25) is 0 Å². The van der Waals surface area contributed by atoms with Crippen LogP contribution >= 0.6 is 23.1 Å². The van der Waals surface area contributed by atoms with Gasteiger partial charge >= 0.3 is 0 Å². The lowest BCUT2D eigenvalue weighted by atomic mass is 10.1. The molecule has 1 atom stereocenters. The van der Waals surface area contributed by atoms with Gasteiger partial charge in [0.15, 0.2) is 5.13 Å². The lowest BCUT2D eigenvalue weighted by molar-refractivity contribution is 0.286. The summed E-state index contributed by atoms with van der Waals surface area (Å²) in [6.07, 6.45) is 3.22. The van der Waals surface area contributed by atoms with Gasteiger partial charge in [-0.1, -0.05) is 48.6 Å². The largest absolute Gasteiger partial charge is 0.391 e. The van der Waals surface area contributed by atoms with Crippen molar-refractivity contribution >= 4 is 28.2 Å². The molecule has 0 bridgehead atoms. The van der Waals surface area contributed by atoms with E-state index in [4.69, 9.17) is 4.98 Å². The lowest BCUT2D eigenvalue weighted by Crippen LogP contribution is -2.32. The third kappa shape index (κ3) is 3.78. The normalized spacial score (nSPS) is 12.4. The van der Waals surface area contributed by atoms with Crippen LogP contribution in [0.1, 0.15) is 18.2 Å². The summed E-state index contributed by atoms with van der Waals surface area (Å²) in [4.78, 5) is 7.95. The van der Waals surface area contributed by atoms with Crippen LogP contribution in [-0.4, -0.2) is 35.2 Å². The number of thioether (sulfide) groups is 1. The summed E-state index contributed by atoms with van der Waals surface area (Å²) in [5, 5.41) is 10.6. The molecule has 1 aromatic heterocycles. The highest BCUT2D eigenvalue weighted by molar-refractivity contribution is 7.98. The quantitative estimate of drug-likeness (QED) is 0.839. The third-order valence-electron chi connectivity index (χ3n) is 3.56. The molecule has 114 valence electrons. The molecule has 0 aliphatic rings. The van der Waals surface area contributed by atoms with Gasteiger partial charge in [0, 0.05) is 24.4 Å². The van der Waals surface area contributed by atoms with Crippen LogP contribution in [0.15, 0.2) is 30.3 Å². The number of anilines is 1. The van der Waals surface area contributed by atoms with Crippen molar-refractivity contribution < 1.29 is 5.11 Å². The molecule has 0 spiro atoms. The van der Waals surface area contributed by atoms with E-state index < -0.39 is 0 Å². The summed E-state index contributed by atoms with van der Waals surface area (Å²) in [5.41, 5.74) is 1.97. The molecule has 21 heavy (non-hydrogen) atoms. The minimum atomic E-state index is 0.0368. The molecule has 3 nitrogen and oxygen atoms in total. The van der Waals surface area contributed by atoms with E-state index in [2.05, 4.69) is 25.1 Å². The average Bonchev–Trinajstić information content (AvgIpc) is 2.97. The summed E-state index contributed by atoms with van der Waals surface area (Å²) in [5.74, 6) is 1.09. The maximum Gasteiger partial charge on any atom is 0.186 e. The van der Waals surface area contributed by atoms with Crippen LogP contribution in [0.4, 0.5) is 5.13 Å². The molecule has 1 aromatic carbocycles. The standard InChI is InChI=1S/C16H22N2OS2/c1-4-13(11-20-3)18(2)16-17-15(14(10-19)21-16)12-8-6-5-7-9-12/h5-9,13,19H,4,10-11H2,1-3H3. The molecule has 1 unspecified atom stereocenters. The van der Waals surface area contributed by atoms with E-state index in [1.165, 1.54) is 0 Å². The van der Waals surface area contributed by atoms with E-state index in [0.717, 1.165) is 33.4 Å². The highest BCUT2D eigenvalue weighted by atomic mass is 32.2. The van der Waals surface area contributed by atoms with Crippen LogP contribution < -0.4 is 4.90 Å². The van der Waals surface area contributed by atoms with Crippen LogP contribution in [0.5, 0.6) is 0 Å². The van der Waals surface area contributed by atoms with E-state index in [1.807, 2.05) is 42.1 Å². The Labute approximate surface area is 135 Å². The highest BCUT2D eigenvalue weighted by Gasteiger charge is 2.19. The van der Waals surface area contributed by atoms with E-state index in [0.29, 0.717) is 6.04 Å². The molecule has 0 fully saturated rings. The number of nitrogens with zero attached hydrogens (tertiary/aromatic N) is 2. The average molecular weight is 322 g/mol. The zero-order chi connectivity index (χ0) is 15.2. The monoisotopic (exact) mass is 322 g/mol. The Kier molecular flexibility index (Phi) is 6.08. The highest BCUT2D eigenvalue weighted by Crippen LogP contribution is 2.33. The fourth-order valence-corrected chi connectivity index (χ4v) is 4.09. The smallest absolute Gasteiger partial charge is 0.186 e. The van der Waals surface area contributed by atoms with Gasteiger partial charge in [0.05, 0.1) is 17.2 Å². The minimum Gasteiger partial charge on any atom is -0.391 e. The second-order valence-corrected chi connectivity index (χ2v) is 6.89. The Morgan fingerprint density at radius 3 is 2.62 bits per heavy atom. The van der Waals surface area contributed by atoms with E-state index in [1.54, 1.807) is 11.3 Å². The molecular formula is C16H22N2OS2. The maximum atomic E-state index is 9.62. The number of aromatic nitrogens is 1. The Morgan fingerprint density at radius 2 is 2.05 bits per heavy atom. The maximum absolute atomic E-state index is 9.62. The molecule has 2 rings (SSSR count). The predicted molar refractivity (Wildman–Crippen MR) is 94.3 cm³/mol. The summed E-state index contributed by atoms with van der Waals surface area (Å²) in [6.45, 7) is 2.24. The first-order chi connectivity index (χ1) is 10.2. The number of rotatable bonds is 7. The fraction of sp³-hybridized carbons (Fsp3) is 0.438. The van der Waals surface area contributed by atoms with Crippen LogP contribution in [0, 0.1) is 0 Å². The third-order valence-corrected chi connectivity index (χ3v) is 5.41. The van der Waals surface area contributed by atoms with Gasteiger partial charge in [0.1, 0.15) is 0 Å². The van der Waals surface area contributed by atoms with Crippen molar-refractivity contribution in [3.63, 3.8) is 0 Å². The molecule has 0 saturated carbocycles. The molecule has 5 heteroatoms. The molecule has 0 amide bonds. The Morgan fingerprint density at radius 1 is 1.33 bits per heavy atom. The van der Waals surface area contributed by atoms with Crippen molar-refractivity contribution in [2.45, 2.75) is 26.0 Å².